The summed E-state index contributed by atoms with van der Waals surface area (Å²) in [7, 11) is 0. The van der Waals surface area contributed by atoms with Crippen LogP contribution >= 0.6 is 11.6 Å². The van der Waals surface area contributed by atoms with E-state index in [0.29, 0.717) is 6.54 Å². The van der Waals surface area contributed by atoms with E-state index < -0.39 is 10.6 Å². The first kappa shape index (κ1) is 14.7. The van der Waals surface area contributed by atoms with E-state index in [1.807, 2.05) is 6.92 Å². The van der Waals surface area contributed by atoms with Crippen molar-refractivity contribution in [2.24, 2.45) is 0 Å². The first-order valence-corrected chi connectivity index (χ1v) is 7.04. The van der Waals surface area contributed by atoms with Crippen molar-refractivity contribution in [3.63, 3.8) is 0 Å². The second-order valence-electron chi connectivity index (χ2n) is 4.81. The molecule has 7 heteroatoms. The molecule has 20 heavy (non-hydrogen) atoms. The van der Waals surface area contributed by atoms with Crippen molar-refractivity contribution in [1.29, 1.82) is 0 Å². The number of hydrogen-bond donors (Lipinski definition) is 0. The van der Waals surface area contributed by atoms with Gasteiger partial charge in [-0.15, -0.1) is 0 Å². The number of rotatable bonds is 3. The zero-order valence-electron chi connectivity index (χ0n) is 11.2. The fraction of sp³-hybridized carbons (Fsp3) is 0.538. The third-order valence-electron chi connectivity index (χ3n) is 3.65. The molecule has 1 unspecified atom stereocenters. The molecule has 2 rings (SSSR count). The van der Waals surface area contributed by atoms with Crippen LogP contribution in [0.15, 0.2) is 12.3 Å². The van der Waals surface area contributed by atoms with Crippen molar-refractivity contribution in [3.8, 4) is 0 Å². The van der Waals surface area contributed by atoms with Crippen LogP contribution in [0.4, 0.5) is 5.69 Å². The lowest BCUT2D eigenvalue weighted by Crippen LogP contribution is -2.43. The van der Waals surface area contributed by atoms with Gasteiger partial charge in [0, 0.05) is 18.8 Å². The lowest BCUT2D eigenvalue weighted by atomic mass is 9.99. The smallest absolute Gasteiger partial charge is 0.319 e. The molecule has 0 saturated carbocycles. The van der Waals surface area contributed by atoms with Gasteiger partial charge in [0.1, 0.15) is 5.56 Å². The molecule has 1 aromatic heterocycles. The number of pyridine rings is 1. The van der Waals surface area contributed by atoms with Crippen LogP contribution in [-0.2, 0) is 0 Å². The Balaban J connectivity index is 2.38. The fourth-order valence-corrected chi connectivity index (χ4v) is 2.85. The summed E-state index contributed by atoms with van der Waals surface area (Å²) in [4.78, 5) is 28.4. The van der Waals surface area contributed by atoms with Gasteiger partial charge in [0.2, 0.25) is 5.15 Å². The maximum absolute atomic E-state index is 12.6. The Morgan fingerprint density at radius 1 is 1.60 bits per heavy atom. The Kier molecular flexibility index (Phi) is 4.54. The number of piperidine rings is 1. The van der Waals surface area contributed by atoms with Crippen LogP contribution < -0.4 is 0 Å². The molecule has 0 bridgehead atoms. The predicted molar refractivity (Wildman–Crippen MR) is 74.9 cm³/mol. The highest BCUT2D eigenvalue weighted by atomic mass is 35.5. The molecule has 2 heterocycles. The van der Waals surface area contributed by atoms with Crippen LogP contribution in [0.3, 0.4) is 0 Å². The van der Waals surface area contributed by atoms with E-state index in [9.17, 15) is 14.9 Å². The van der Waals surface area contributed by atoms with Gasteiger partial charge in [-0.2, -0.15) is 0 Å². The minimum atomic E-state index is -0.645. The molecule has 1 fully saturated rings. The summed E-state index contributed by atoms with van der Waals surface area (Å²) >= 11 is 5.75. The van der Waals surface area contributed by atoms with E-state index >= 15 is 0 Å². The number of carbonyl (C=O) groups excluding carboxylic acids is 1. The average molecular weight is 298 g/mol. The SMILES string of the molecule is CCC1CCCCN1C(=O)c1ccnc(Cl)c1[N+](=O)[O-]. The highest BCUT2D eigenvalue weighted by molar-refractivity contribution is 6.32. The molecule has 0 N–H and O–H groups in total. The van der Waals surface area contributed by atoms with Crippen molar-refractivity contribution >= 4 is 23.2 Å². The Labute approximate surface area is 121 Å². The predicted octanol–water partition coefficient (Wildman–Crippen LogP) is 3.05. The van der Waals surface area contributed by atoms with Gasteiger partial charge in [0.05, 0.1) is 4.92 Å². The van der Waals surface area contributed by atoms with E-state index in [2.05, 4.69) is 4.98 Å². The Morgan fingerprint density at radius 2 is 2.35 bits per heavy atom. The maximum atomic E-state index is 12.6. The van der Waals surface area contributed by atoms with Gasteiger partial charge in [-0.05, 0) is 31.7 Å². The summed E-state index contributed by atoms with van der Waals surface area (Å²) in [5.74, 6) is -0.326. The van der Waals surface area contributed by atoms with Gasteiger partial charge in [-0.25, -0.2) is 4.98 Å². The molecular weight excluding hydrogens is 282 g/mol. The van der Waals surface area contributed by atoms with Crippen LogP contribution in [-0.4, -0.2) is 33.3 Å². The molecule has 0 spiro atoms. The molecule has 1 aliphatic rings. The summed E-state index contributed by atoms with van der Waals surface area (Å²) < 4.78 is 0. The molecule has 1 atom stereocenters. The molecule has 0 aliphatic carbocycles. The van der Waals surface area contributed by atoms with Crippen molar-refractivity contribution in [1.82, 2.24) is 9.88 Å². The van der Waals surface area contributed by atoms with Crippen LogP contribution in [0.2, 0.25) is 5.15 Å². The number of halogens is 1. The van der Waals surface area contributed by atoms with Gasteiger partial charge in [-0.3, -0.25) is 14.9 Å². The summed E-state index contributed by atoms with van der Waals surface area (Å²) in [6.07, 6.45) is 5.12. The number of amides is 1. The first-order valence-electron chi connectivity index (χ1n) is 6.66. The van der Waals surface area contributed by atoms with Crippen LogP contribution in [0.5, 0.6) is 0 Å². The second kappa shape index (κ2) is 6.17. The number of nitrogens with zero attached hydrogens (tertiary/aromatic N) is 3. The maximum Gasteiger partial charge on any atom is 0.319 e. The second-order valence-corrected chi connectivity index (χ2v) is 5.17. The van der Waals surface area contributed by atoms with Crippen molar-refractivity contribution in [2.75, 3.05) is 6.54 Å². The quantitative estimate of drug-likeness (QED) is 0.488. The highest BCUT2D eigenvalue weighted by Crippen LogP contribution is 2.29. The molecule has 1 amide bonds. The van der Waals surface area contributed by atoms with Gasteiger partial charge in [-0.1, -0.05) is 18.5 Å². The lowest BCUT2D eigenvalue weighted by Gasteiger charge is -2.35. The molecule has 6 nitrogen and oxygen atoms in total. The zero-order valence-corrected chi connectivity index (χ0v) is 12.0. The Bertz CT molecular complexity index is 536. The van der Waals surface area contributed by atoms with E-state index in [4.69, 9.17) is 11.6 Å². The first-order chi connectivity index (χ1) is 9.56. The molecular formula is C13H16ClN3O3. The number of hydrogen-bond acceptors (Lipinski definition) is 4. The standard InChI is InChI=1S/C13H16ClN3O3/c1-2-9-5-3-4-8-16(9)13(18)10-6-7-15-12(14)11(10)17(19)20/h6-7,9H,2-5,8H2,1H3. The number of carbonyl (C=O) groups is 1. The van der Waals surface area contributed by atoms with Gasteiger partial charge in [0.15, 0.2) is 0 Å². The van der Waals surface area contributed by atoms with Crippen LogP contribution in [0.1, 0.15) is 43.0 Å². The summed E-state index contributed by atoms with van der Waals surface area (Å²) in [5, 5.41) is 10.8. The minimum absolute atomic E-state index is 0.0235. The van der Waals surface area contributed by atoms with E-state index in [1.165, 1.54) is 12.3 Å². The molecule has 0 aromatic carbocycles. The molecule has 1 aliphatic heterocycles. The topological polar surface area (TPSA) is 76.3 Å². The summed E-state index contributed by atoms with van der Waals surface area (Å²) in [5.41, 5.74) is -0.380. The molecule has 108 valence electrons. The summed E-state index contributed by atoms with van der Waals surface area (Å²) in [6, 6.07) is 1.51. The number of aromatic nitrogens is 1. The third kappa shape index (κ3) is 2.75. The Morgan fingerprint density at radius 3 is 3.00 bits per heavy atom. The molecule has 1 saturated heterocycles. The third-order valence-corrected chi connectivity index (χ3v) is 3.93. The minimum Gasteiger partial charge on any atom is -0.335 e. The number of likely N-dealkylation sites (tertiary alicyclic amines) is 1. The van der Waals surface area contributed by atoms with Crippen molar-refractivity contribution < 1.29 is 9.72 Å². The van der Waals surface area contributed by atoms with Gasteiger partial charge >= 0.3 is 5.69 Å². The van der Waals surface area contributed by atoms with E-state index in [-0.39, 0.29) is 22.7 Å². The normalized spacial score (nSPS) is 18.9. The largest absolute Gasteiger partial charge is 0.335 e. The van der Waals surface area contributed by atoms with Crippen molar-refractivity contribution in [2.45, 2.75) is 38.6 Å². The van der Waals surface area contributed by atoms with E-state index in [1.54, 1.807) is 4.90 Å². The average Bonchev–Trinajstić information content (AvgIpc) is 2.45. The fourth-order valence-electron chi connectivity index (χ4n) is 2.62. The van der Waals surface area contributed by atoms with E-state index in [0.717, 1.165) is 25.7 Å². The molecule has 0 radical (unpaired) electrons. The van der Waals surface area contributed by atoms with Gasteiger partial charge < -0.3 is 4.90 Å². The summed E-state index contributed by atoms with van der Waals surface area (Å²) in [6.45, 7) is 2.65. The Hall–Kier alpha value is -1.69. The monoisotopic (exact) mass is 297 g/mol. The lowest BCUT2D eigenvalue weighted by molar-refractivity contribution is -0.385. The van der Waals surface area contributed by atoms with Gasteiger partial charge in [0.25, 0.3) is 5.91 Å². The highest BCUT2D eigenvalue weighted by Gasteiger charge is 2.32. The zero-order chi connectivity index (χ0) is 14.7. The molecule has 1 aromatic rings. The van der Waals surface area contributed by atoms with Crippen LogP contribution in [0.25, 0.3) is 0 Å². The van der Waals surface area contributed by atoms with Crippen molar-refractivity contribution in [3.05, 3.63) is 33.1 Å². The number of nitro groups is 1. The van der Waals surface area contributed by atoms with Crippen LogP contribution in [0, 0.1) is 10.1 Å².